The summed E-state index contributed by atoms with van der Waals surface area (Å²) in [5.74, 6) is -4.35. The first-order valence-corrected chi connectivity index (χ1v) is 5.51. The molecule has 2 heterocycles. The Kier molecular flexibility index (Phi) is 2.64. The van der Waals surface area contributed by atoms with Crippen molar-refractivity contribution in [3.05, 3.63) is 53.5 Å². The number of hydrogen-bond acceptors (Lipinski definition) is 3. The minimum absolute atomic E-state index is 0.121. The van der Waals surface area contributed by atoms with Crippen LogP contribution in [-0.4, -0.2) is 14.6 Å². The molecule has 1 aromatic carbocycles. The Morgan fingerprint density at radius 1 is 1.10 bits per heavy atom. The molecule has 7 heteroatoms. The largest absolute Gasteiger partial charge is 0.219 e. The van der Waals surface area contributed by atoms with Gasteiger partial charge in [0.25, 0.3) is 0 Å². The molecule has 3 rings (SSSR count). The van der Waals surface area contributed by atoms with Gasteiger partial charge < -0.3 is 0 Å². The number of halogens is 3. The quantitative estimate of drug-likeness (QED) is 0.641. The molecular formula is C13H5F3N4. The lowest BCUT2D eigenvalue weighted by Gasteiger charge is -1.99. The lowest BCUT2D eigenvalue weighted by molar-refractivity contribution is 0.448. The first kappa shape index (κ1) is 12.2. The second-order valence-corrected chi connectivity index (χ2v) is 3.96. The normalized spacial score (nSPS) is 10.7. The van der Waals surface area contributed by atoms with Gasteiger partial charge in [0.1, 0.15) is 6.07 Å². The third-order valence-corrected chi connectivity index (χ3v) is 2.76. The van der Waals surface area contributed by atoms with Crippen molar-refractivity contribution in [1.82, 2.24) is 14.6 Å². The van der Waals surface area contributed by atoms with Crippen LogP contribution in [0, 0.1) is 28.8 Å². The van der Waals surface area contributed by atoms with Crippen molar-refractivity contribution in [2.45, 2.75) is 0 Å². The summed E-state index contributed by atoms with van der Waals surface area (Å²) in [5, 5.41) is 12.9. The van der Waals surface area contributed by atoms with Gasteiger partial charge in [-0.3, -0.25) is 0 Å². The van der Waals surface area contributed by atoms with E-state index in [-0.39, 0.29) is 22.6 Å². The van der Waals surface area contributed by atoms with Gasteiger partial charge in [-0.15, -0.1) is 5.10 Å². The van der Waals surface area contributed by atoms with E-state index in [1.165, 1.54) is 16.8 Å². The highest BCUT2D eigenvalue weighted by atomic mass is 19.2. The molecule has 0 saturated heterocycles. The second kappa shape index (κ2) is 4.35. The van der Waals surface area contributed by atoms with Crippen molar-refractivity contribution >= 4 is 5.65 Å². The zero-order valence-electron chi connectivity index (χ0n) is 9.81. The number of pyridine rings is 1. The maximum atomic E-state index is 13.7. The SMILES string of the molecule is N#Cc1cccn2nc(-c3ccc(F)c(F)c3F)nc12. The summed E-state index contributed by atoms with van der Waals surface area (Å²) in [7, 11) is 0. The lowest BCUT2D eigenvalue weighted by atomic mass is 10.2. The molecule has 4 nitrogen and oxygen atoms in total. The van der Waals surface area contributed by atoms with E-state index >= 15 is 0 Å². The van der Waals surface area contributed by atoms with E-state index in [0.29, 0.717) is 0 Å². The fraction of sp³-hybridized carbons (Fsp3) is 0. The summed E-state index contributed by atoms with van der Waals surface area (Å²) < 4.78 is 41.1. The highest BCUT2D eigenvalue weighted by Gasteiger charge is 2.18. The molecule has 0 atom stereocenters. The molecule has 0 aliphatic carbocycles. The van der Waals surface area contributed by atoms with E-state index in [2.05, 4.69) is 10.1 Å². The molecular weight excluding hydrogens is 269 g/mol. The van der Waals surface area contributed by atoms with Crippen molar-refractivity contribution in [2.24, 2.45) is 0 Å². The lowest BCUT2D eigenvalue weighted by Crippen LogP contribution is -1.95. The zero-order chi connectivity index (χ0) is 14.3. The number of nitriles is 1. The molecule has 0 aliphatic rings. The summed E-state index contributed by atoms with van der Waals surface area (Å²) >= 11 is 0. The minimum Gasteiger partial charge on any atom is -0.219 e. The van der Waals surface area contributed by atoms with Crippen LogP contribution in [0.1, 0.15) is 5.56 Å². The van der Waals surface area contributed by atoms with Gasteiger partial charge in [0, 0.05) is 6.20 Å². The van der Waals surface area contributed by atoms with Crippen LogP contribution < -0.4 is 0 Å². The van der Waals surface area contributed by atoms with Gasteiger partial charge in [0.05, 0.1) is 11.1 Å². The number of nitrogens with zero attached hydrogens (tertiary/aromatic N) is 4. The topological polar surface area (TPSA) is 54.0 Å². The van der Waals surface area contributed by atoms with Gasteiger partial charge in [-0.1, -0.05) is 0 Å². The van der Waals surface area contributed by atoms with E-state index in [1.807, 2.05) is 6.07 Å². The molecule has 0 fully saturated rings. The number of hydrogen-bond donors (Lipinski definition) is 0. The van der Waals surface area contributed by atoms with Crippen LogP contribution in [0.4, 0.5) is 13.2 Å². The smallest absolute Gasteiger partial charge is 0.195 e. The fourth-order valence-corrected chi connectivity index (χ4v) is 1.81. The Bertz CT molecular complexity index is 864. The number of benzene rings is 1. The Labute approximate surface area is 110 Å². The van der Waals surface area contributed by atoms with Crippen LogP contribution in [0.2, 0.25) is 0 Å². The third-order valence-electron chi connectivity index (χ3n) is 2.76. The van der Waals surface area contributed by atoms with Crippen molar-refractivity contribution in [3.8, 4) is 17.5 Å². The van der Waals surface area contributed by atoms with Crippen LogP contribution in [0.3, 0.4) is 0 Å². The summed E-state index contributed by atoms with van der Waals surface area (Å²) in [4.78, 5) is 3.99. The first-order valence-electron chi connectivity index (χ1n) is 5.51. The van der Waals surface area contributed by atoms with Gasteiger partial charge >= 0.3 is 0 Å². The molecule has 0 radical (unpaired) electrons. The predicted octanol–water partition coefficient (Wildman–Crippen LogP) is 2.69. The van der Waals surface area contributed by atoms with Gasteiger partial charge in [-0.2, -0.15) is 5.26 Å². The summed E-state index contributed by atoms with van der Waals surface area (Å²) in [6, 6.07) is 6.86. The van der Waals surface area contributed by atoms with Crippen LogP contribution in [0.25, 0.3) is 17.0 Å². The Morgan fingerprint density at radius 3 is 2.65 bits per heavy atom. The highest BCUT2D eigenvalue weighted by molar-refractivity contribution is 5.62. The Balaban J connectivity index is 2.26. The molecule has 3 aromatic rings. The van der Waals surface area contributed by atoms with Crippen molar-refractivity contribution < 1.29 is 13.2 Å². The highest BCUT2D eigenvalue weighted by Crippen LogP contribution is 2.24. The number of aromatic nitrogens is 3. The summed E-state index contributed by atoms with van der Waals surface area (Å²) in [6.45, 7) is 0. The second-order valence-electron chi connectivity index (χ2n) is 3.96. The van der Waals surface area contributed by atoms with Gasteiger partial charge in [0.15, 0.2) is 28.9 Å². The summed E-state index contributed by atoms with van der Waals surface area (Å²) in [5.41, 5.74) is 0.194. The fourth-order valence-electron chi connectivity index (χ4n) is 1.81. The molecule has 0 aliphatic heterocycles. The Hall–Kier alpha value is -2.88. The average molecular weight is 274 g/mol. The van der Waals surface area contributed by atoms with Crippen molar-refractivity contribution in [3.63, 3.8) is 0 Å². The number of fused-ring (bicyclic) bond motifs is 1. The molecule has 0 spiro atoms. The number of rotatable bonds is 1. The molecule has 0 saturated carbocycles. The van der Waals surface area contributed by atoms with E-state index in [4.69, 9.17) is 5.26 Å². The van der Waals surface area contributed by atoms with Gasteiger partial charge in [0.2, 0.25) is 0 Å². The minimum atomic E-state index is -1.58. The molecule has 0 N–H and O–H groups in total. The molecule has 0 bridgehead atoms. The first-order chi connectivity index (χ1) is 9.61. The maximum Gasteiger partial charge on any atom is 0.195 e. The Morgan fingerprint density at radius 2 is 1.90 bits per heavy atom. The zero-order valence-corrected chi connectivity index (χ0v) is 9.81. The van der Waals surface area contributed by atoms with Crippen LogP contribution in [0.5, 0.6) is 0 Å². The standard InChI is InChI=1S/C13H5F3N4/c14-9-4-3-8(10(15)11(9)16)12-18-13-7(6-17)2-1-5-20(13)19-12/h1-5H. The van der Waals surface area contributed by atoms with E-state index in [1.54, 1.807) is 6.07 Å². The molecule has 0 amide bonds. The van der Waals surface area contributed by atoms with Crippen LogP contribution in [-0.2, 0) is 0 Å². The maximum absolute atomic E-state index is 13.7. The molecule has 98 valence electrons. The monoisotopic (exact) mass is 274 g/mol. The average Bonchev–Trinajstić information content (AvgIpc) is 2.88. The summed E-state index contributed by atoms with van der Waals surface area (Å²) in [6.07, 6.45) is 1.52. The van der Waals surface area contributed by atoms with Gasteiger partial charge in [-0.05, 0) is 24.3 Å². The van der Waals surface area contributed by atoms with Crippen molar-refractivity contribution in [2.75, 3.05) is 0 Å². The molecule has 20 heavy (non-hydrogen) atoms. The molecule has 2 aromatic heterocycles. The van der Waals surface area contributed by atoms with Crippen molar-refractivity contribution in [1.29, 1.82) is 5.26 Å². The van der Waals surface area contributed by atoms with E-state index in [0.717, 1.165) is 12.1 Å². The predicted molar refractivity (Wildman–Crippen MR) is 63.0 cm³/mol. The van der Waals surface area contributed by atoms with E-state index < -0.39 is 17.5 Å². The van der Waals surface area contributed by atoms with Crippen LogP contribution >= 0.6 is 0 Å². The van der Waals surface area contributed by atoms with Gasteiger partial charge in [-0.25, -0.2) is 22.7 Å². The van der Waals surface area contributed by atoms with E-state index in [9.17, 15) is 13.2 Å². The van der Waals surface area contributed by atoms with Crippen LogP contribution in [0.15, 0.2) is 30.5 Å². The molecule has 0 unspecified atom stereocenters. The third kappa shape index (κ3) is 1.70.